The van der Waals surface area contributed by atoms with Gasteiger partial charge in [-0.25, -0.2) is 0 Å². The molecular weight excluding hydrogens is 176 g/mol. The molecule has 0 aliphatic carbocycles. The molecule has 0 aromatic carbocycles. The summed E-state index contributed by atoms with van der Waals surface area (Å²) < 4.78 is 0. The predicted molar refractivity (Wildman–Crippen MR) is 51.5 cm³/mol. The topological polar surface area (TPSA) is 75.3 Å². The number of carboxylic acid groups (broad SMARTS) is 1. The van der Waals surface area contributed by atoms with Gasteiger partial charge < -0.3 is 16.2 Å². The quantitative estimate of drug-likeness (QED) is 0.540. The van der Waals surface area contributed by atoms with E-state index in [1.54, 1.807) is 11.8 Å². The average molecular weight is 192 g/mol. The van der Waals surface area contributed by atoms with E-state index < -0.39 is 12.0 Å². The van der Waals surface area contributed by atoms with Gasteiger partial charge in [0.1, 0.15) is 6.04 Å². The van der Waals surface area contributed by atoms with E-state index in [0.29, 0.717) is 11.8 Å². The van der Waals surface area contributed by atoms with Crippen LogP contribution in [0.4, 0.5) is 0 Å². The molecule has 4 nitrogen and oxygen atoms in total. The Hall–Kier alpha value is -0.260. The third-order valence-corrected chi connectivity index (χ3v) is 2.49. The van der Waals surface area contributed by atoms with Gasteiger partial charge in [0, 0.05) is 18.3 Å². The molecule has 0 amide bonds. The molecule has 0 spiro atoms. The minimum atomic E-state index is -0.959. The molecule has 0 saturated carbocycles. The number of hydrogen-bond acceptors (Lipinski definition) is 4. The Bertz CT molecular complexity index is 143. The standard InChI is InChI=1S/C7H16N2O2S/c1-5(12-2)3-9-4-6(8)7(10)11/h5-6,9H,3-4,8H2,1-2H3,(H,10,11). The summed E-state index contributed by atoms with van der Waals surface area (Å²) in [5, 5.41) is 11.9. The van der Waals surface area contributed by atoms with Crippen LogP contribution in [-0.2, 0) is 4.79 Å². The van der Waals surface area contributed by atoms with Crippen LogP contribution in [-0.4, -0.2) is 41.7 Å². The van der Waals surface area contributed by atoms with Crippen molar-refractivity contribution in [1.82, 2.24) is 5.32 Å². The van der Waals surface area contributed by atoms with Gasteiger partial charge in [0.2, 0.25) is 0 Å². The van der Waals surface area contributed by atoms with Crippen LogP contribution in [0, 0.1) is 0 Å². The van der Waals surface area contributed by atoms with Gasteiger partial charge in [0.15, 0.2) is 0 Å². The molecule has 0 rings (SSSR count). The summed E-state index contributed by atoms with van der Waals surface area (Å²) in [6.07, 6.45) is 2.02. The van der Waals surface area contributed by atoms with E-state index in [9.17, 15) is 4.79 Å². The predicted octanol–water partition coefficient (Wildman–Crippen LogP) is -0.261. The lowest BCUT2D eigenvalue weighted by atomic mass is 10.3. The second kappa shape index (κ2) is 6.28. The van der Waals surface area contributed by atoms with E-state index in [1.807, 2.05) is 6.26 Å². The van der Waals surface area contributed by atoms with Crippen molar-refractivity contribution in [3.63, 3.8) is 0 Å². The molecular formula is C7H16N2O2S. The van der Waals surface area contributed by atoms with Gasteiger partial charge >= 0.3 is 5.97 Å². The summed E-state index contributed by atoms with van der Waals surface area (Å²) in [4.78, 5) is 10.3. The van der Waals surface area contributed by atoms with E-state index in [4.69, 9.17) is 10.8 Å². The van der Waals surface area contributed by atoms with Crippen LogP contribution < -0.4 is 11.1 Å². The summed E-state index contributed by atoms with van der Waals surface area (Å²) in [6.45, 7) is 3.20. The molecule has 4 N–H and O–H groups in total. The van der Waals surface area contributed by atoms with Gasteiger partial charge in [-0.3, -0.25) is 4.79 Å². The third kappa shape index (κ3) is 5.40. The summed E-state index contributed by atoms with van der Waals surface area (Å²) >= 11 is 1.73. The zero-order valence-corrected chi connectivity index (χ0v) is 8.23. The van der Waals surface area contributed by atoms with E-state index >= 15 is 0 Å². The van der Waals surface area contributed by atoms with Gasteiger partial charge in [-0.2, -0.15) is 11.8 Å². The number of nitrogens with two attached hydrogens (primary N) is 1. The van der Waals surface area contributed by atoms with Crippen LogP contribution in [0.25, 0.3) is 0 Å². The Morgan fingerprint density at radius 3 is 2.67 bits per heavy atom. The minimum absolute atomic E-state index is 0.334. The molecule has 0 bridgehead atoms. The Morgan fingerprint density at radius 2 is 2.25 bits per heavy atom. The lowest BCUT2D eigenvalue weighted by Crippen LogP contribution is -2.41. The summed E-state index contributed by atoms with van der Waals surface area (Å²) in [7, 11) is 0. The van der Waals surface area contributed by atoms with Crippen LogP contribution in [0.15, 0.2) is 0 Å². The maximum Gasteiger partial charge on any atom is 0.321 e. The summed E-state index contributed by atoms with van der Waals surface area (Å²) in [5.41, 5.74) is 5.28. The first kappa shape index (κ1) is 11.7. The van der Waals surface area contributed by atoms with Gasteiger partial charge in [0.05, 0.1) is 0 Å². The molecule has 0 aromatic rings. The maximum atomic E-state index is 10.3. The lowest BCUT2D eigenvalue weighted by molar-refractivity contribution is -0.138. The lowest BCUT2D eigenvalue weighted by Gasteiger charge is -2.11. The van der Waals surface area contributed by atoms with Crippen LogP contribution in [0.3, 0.4) is 0 Å². The van der Waals surface area contributed by atoms with Crippen LogP contribution in [0.2, 0.25) is 0 Å². The number of carbonyl (C=O) groups is 1. The van der Waals surface area contributed by atoms with Crippen molar-refractivity contribution in [2.45, 2.75) is 18.2 Å². The Balaban J connectivity index is 3.37. The van der Waals surface area contributed by atoms with E-state index in [0.717, 1.165) is 6.54 Å². The SMILES string of the molecule is CSC(C)CNCC(N)C(=O)O. The molecule has 2 atom stereocenters. The highest BCUT2D eigenvalue weighted by Gasteiger charge is 2.10. The van der Waals surface area contributed by atoms with Gasteiger partial charge in [-0.15, -0.1) is 0 Å². The van der Waals surface area contributed by atoms with E-state index in [-0.39, 0.29) is 0 Å². The first-order valence-electron chi connectivity index (χ1n) is 3.79. The minimum Gasteiger partial charge on any atom is -0.480 e. The molecule has 0 saturated heterocycles. The molecule has 5 heteroatoms. The van der Waals surface area contributed by atoms with Crippen molar-refractivity contribution in [2.24, 2.45) is 5.73 Å². The van der Waals surface area contributed by atoms with E-state index in [2.05, 4.69) is 12.2 Å². The highest BCUT2D eigenvalue weighted by Crippen LogP contribution is 2.01. The number of nitrogens with one attached hydrogen (secondary N) is 1. The van der Waals surface area contributed by atoms with Crippen LogP contribution >= 0.6 is 11.8 Å². The fourth-order valence-electron chi connectivity index (χ4n) is 0.613. The highest BCUT2D eigenvalue weighted by atomic mass is 32.2. The molecule has 0 aliphatic rings. The summed E-state index contributed by atoms with van der Waals surface area (Å²) in [5.74, 6) is -0.959. The highest BCUT2D eigenvalue weighted by molar-refractivity contribution is 7.99. The van der Waals surface area contributed by atoms with Crippen molar-refractivity contribution >= 4 is 17.7 Å². The van der Waals surface area contributed by atoms with Crippen molar-refractivity contribution in [2.75, 3.05) is 19.3 Å². The maximum absolute atomic E-state index is 10.3. The monoisotopic (exact) mass is 192 g/mol. The molecule has 0 heterocycles. The molecule has 0 radical (unpaired) electrons. The van der Waals surface area contributed by atoms with Crippen molar-refractivity contribution in [3.05, 3.63) is 0 Å². The molecule has 12 heavy (non-hydrogen) atoms. The third-order valence-electron chi connectivity index (χ3n) is 1.52. The first-order chi connectivity index (χ1) is 5.57. The fourth-order valence-corrected chi connectivity index (χ4v) is 0.897. The zero-order chi connectivity index (χ0) is 9.56. The van der Waals surface area contributed by atoms with Crippen molar-refractivity contribution in [3.8, 4) is 0 Å². The largest absolute Gasteiger partial charge is 0.480 e. The molecule has 0 aromatic heterocycles. The second-order valence-corrected chi connectivity index (χ2v) is 3.93. The van der Waals surface area contributed by atoms with Gasteiger partial charge in [-0.1, -0.05) is 6.92 Å². The number of hydrogen-bond donors (Lipinski definition) is 3. The number of thioether (sulfide) groups is 1. The first-order valence-corrected chi connectivity index (χ1v) is 5.08. The van der Waals surface area contributed by atoms with Crippen LogP contribution in [0.5, 0.6) is 0 Å². The number of rotatable bonds is 6. The smallest absolute Gasteiger partial charge is 0.321 e. The normalized spacial score (nSPS) is 15.6. The van der Waals surface area contributed by atoms with Crippen molar-refractivity contribution in [1.29, 1.82) is 0 Å². The fraction of sp³-hybridized carbons (Fsp3) is 0.857. The van der Waals surface area contributed by atoms with Crippen LogP contribution in [0.1, 0.15) is 6.92 Å². The molecule has 72 valence electrons. The second-order valence-electron chi connectivity index (χ2n) is 2.65. The van der Waals surface area contributed by atoms with Crippen molar-refractivity contribution < 1.29 is 9.90 Å². The Morgan fingerprint density at radius 1 is 1.67 bits per heavy atom. The zero-order valence-electron chi connectivity index (χ0n) is 7.41. The van der Waals surface area contributed by atoms with Gasteiger partial charge in [-0.05, 0) is 6.26 Å². The Labute approximate surface area is 76.9 Å². The van der Waals surface area contributed by atoms with Gasteiger partial charge in [0.25, 0.3) is 0 Å². The molecule has 2 unspecified atom stereocenters. The summed E-state index contributed by atoms with van der Waals surface area (Å²) in [6, 6.07) is -0.793. The molecule has 0 fully saturated rings. The Kier molecular flexibility index (Phi) is 6.14. The number of aliphatic carboxylic acids is 1. The average Bonchev–Trinajstić information content (AvgIpc) is 2.03. The number of carboxylic acids is 1. The molecule has 0 aliphatic heterocycles. The van der Waals surface area contributed by atoms with E-state index in [1.165, 1.54) is 0 Å².